The molecule has 22 heavy (non-hydrogen) atoms. The topological polar surface area (TPSA) is 83.8 Å². The summed E-state index contributed by atoms with van der Waals surface area (Å²) in [6.07, 6.45) is -0.556. The highest BCUT2D eigenvalue weighted by Gasteiger charge is 2.21. The highest BCUT2D eigenvalue weighted by Crippen LogP contribution is 2.33. The van der Waals surface area contributed by atoms with E-state index in [1.807, 2.05) is 5.38 Å². The Morgan fingerprint density at radius 3 is 2.50 bits per heavy atom. The summed E-state index contributed by atoms with van der Waals surface area (Å²) in [6, 6.07) is 10.5. The third-order valence-corrected chi connectivity index (χ3v) is 3.90. The van der Waals surface area contributed by atoms with Gasteiger partial charge in [-0.3, -0.25) is 4.79 Å². The van der Waals surface area contributed by atoms with Crippen LogP contribution in [0.15, 0.2) is 47.4 Å². The van der Waals surface area contributed by atoms with E-state index >= 15 is 0 Å². The molecule has 1 heterocycles. The van der Waals surface area contributed by atoms with Gasteiger partial charge in [-0.05, 0) is 29.1 Å². The van der Waals surface area contributed by atoms with E-state index in [0.29, 0.717) is 21.8 Å². The third-order valence-electron chi connectivity index (χ3n) is 3.01. The maximum absolute atomic E-state index is 11.6. The molecule has 1 aromatic heterocycles. The molecule has 2 aromatic rings. The summed E-state index contributed by atoms with van der Waals surface area (Å²) in [7, 11) is 1.52. The molecule has 0 aliphatic heterocycles. The number of benzene rings is 1. The van der Waals surface area contributed by atoms with Crippen molar-refractivity contribution in [2.24, 2.45) is 0 Å². The Kier molecular flexibility index (Phi) is 4.95. The van der Waals surface area contributed by atoms with Crippen molar-refractivity contribution in [2.45, 2.75) is 6.42 Å². The van der Waals surface area contributed by atoms with Crippen LogP contribution in [0.5, 0.6) is 5.75 Å². The highest BCUT2D eigenvalue weighted by atomic mass is 32.1. The molecule has 0 bridgehead atoms. The monoisotopic (exact) mass is 318 g/mol. The summed E-state index contributed by atoms with van der Waals surface area (Å²) in [5.41, 5.74) is 0.868. The van der Waals surface area contributed by atoms with Crippen LogP contribution in [0.2, 0.25) is 0 Å². The minimum Gasteiger partial charge on any atom is -0.497 e. The van der Waals surface area contributed by atoms with Gasteiger partial charge >= 0.3 is 11.9 Å². The van der Waals surface area contributed by atoms with E-state index in [9.17, 15) is 14.7 Å². The van der Waals surface area contributed by atoms with Crippen molar-refractivity contribution in [1.82, 2.24) is 0 Å². The van der Waals surface area contributed by atoms with Gasteiger partial charge in [0.2, 0.25) is 0 Å². The first kappa shape index (κ1) is 15.8. The minimum atomic E-state index is -1.24. The summed E-state index contributed by atoms with van der Waals surface area (Å²) < 4.78 is 5.16. The van der Waals surface area contributed by atoms with Crippen molar-refractivity contribution in [1.29, 1.82) is 0 Å². The van der Waals surface area contributed by atoms with Gasteiger partial charge in [-0.2, -0.15) is 0 Å². The van der Waals surface area contributed by atoms with E-state index in [2.05, 4.69) is 0 Å². The minimum absolute atomic E-state index is 0.150. The average molecular weight is 318 g/mol. The fourth-order valence-corrected chi connectivity index (χ4v) is 2.91. The van der Waals surface area contributed by atoms with Crippen molar-refractivity contribution < 1.29 is 24.5 Å². The molecule has 2 N–H and O–H groups in total. The highest BCUT2D eigenvalue weighted by molar-refractivity contribution is 7.11. The molecule has 1 aromatic carbocycles. The Balaban J connectivity index is 2.69. The second-order valence-corrected chi connectivity index (χ2v) is 5.39. The molecule has 2 rings (SSSR count). The van der Waals surface area contributed by atoms with Crippen molar-refractivity contribution >= 4 is 28.8 Å². The van der Waals surface area contributed by atoms with Gasteiger partial charge in [0.15, 0.2) is 0 Å². The summed E-state index contributed by atoms with van der Waals surface area (Å²) in [4.78, 5) is 23.3. The summed E-state index contributed by atoms with van der Waals surface area (Å²) in [5.74, 6) is -1.85. The lowest BCUT2D eigenvalue weighted by Gasteiger charge is -2.12. The molecule has 0 atom stereocenters. The van der Waals surface area contributed by atoms with E-state index in [1.54, 1.807) is 36.4 Å². The van der Waals surface area contributed by atoms with Crippen LogP contribution in [0.1, 0.15) is 16.9 Å². The summed E-state index contributed by atoms with van der Waals surface area (Å²) >= 11 is 1.36. The van der Waals surface area contributed by atoms with E-state index in [0.717, 1.165) is 0 Å². The molecule has 0 spiro atoms. The zero-order valence-corrected chi connectivity index (χ0v) is 12.6. The van der Waals surface area contributed by atoms with Crippen molar-refractivity contribution in [3.05, 3.63) is 57.8 Å². The van der Waals surface area contributed by atoms with Gasteiger partial charge in [-0.25, -0.2) is 4.79 Å². The average Bonchev–Trinajstić information content (AvgIpc) is 3.00. The normalized spacial score (nSPS) is 11.7. The zero-order chi connectivity index (χ0) is 16.1. The zero-order valence-electron chi connectivity index (χ0n) is 11.8. The first-order chi connectivity index (χ1) is 10.5. The maximum Gasteiger partial charge on any atom is 0.332 e. The van der Waals surface area contributed by atoms with Crippen molar-refractivity contribution in [3.63, 3.8) is 0 Å². The molecule has 0 amide bonds. The molecule has 0 saturated carbocycles. The third kappa shape index (κ3) is 3.53. The van der Waals surface area contributed by atoms with Gasteiger partial charge in [0.1, 0.15) is 5.75 Å². The Bertz CT molecular complexity index is 716. The number of carboxylic acid groups (broad SMARTS) is 2. The second kappa shape index (κ2) is 6.91. The standard InChI is InChI=1S/C16H14O5S/c1-21-11-5-2-4-10(8-11)15(13-6-3-7-22-13)12(16(19)20)9-14(17)18/h2-8H,9H2,1H3,(H,17,18)(H,19,20). The number of rotatable bonds is 6. The first-order valence-electron chi connectivity index (χ1n) is 6.39. The van der Waals surface area contributed by atoms with Crippen molar-refractivity contribution in [3.8, 4) is 5.75 Å². The van der Waals surface area contributed by atoms with Crippen LogP contribution >= 0.6 is 11.3 Å². The first-order valence-corrected chi connectivity index (χ1v) is 7.27. The molecule has 6 heteroatoms. The van der Waals surface area contributed by atoms with Crippen LogP contribution in [0, 0.1) is 0 Å². The molecule has 0 saturated heterocycles. The fourth-order valence-electron chi connectivity index (χ4n) is 2.09. The van der Waals surface area contributed by atoms with Crippen LogP contribution < -0.4 is 4.74 Å². The summed E-state index contributed by atoms with van der Waals surface area (Å²) in [6.45, 7) is 0. The molecular weight excluding hydrogens is 304 g/mol. The van der Waals surface area contributed by atoms with E-state index in [4.69, 9.17) is 9.84 Å². The van der Waals surface area contributed by atoms with E-state index < -0.39 is 18.4 Å². The predicted octanol–water partition coefficient (Wildman–Crippen LogP) is 3.12. The van der Waals surface area contributed by atoms with Gasteiger partial charge < -0.3 is 14.9 Å². The number of ether oxygens (including phenoxy) is 1. The Morgan fingerprint density at radius 1 is 1.18 bits per heavy atom. The van der Waals surface area contributed by atoms with Gasteiger partial charge in [0.05, 0.1) is 19.1 Å². The molecule has 0 aliphatic carbocycles. The lowest BCUT2D eigenvalue weighted by Crippen LogP contribution is -2.10. The smallest absolute Gasteiger partial charge is 0.332 e. The van der Waals surface area contributed by atoms with Crippen LogP contribution in [0.25, 0.3) is 5.57 Å². The Morgan fingerprint density at radius 2 is 1.95 bits per heavy atom. The molecule has 0 radical (unpaired) electrons. The molecule has 5 nitrogen and oxygen atoms in total. The van der Waals surface area contributed by atoms with E-state index in [1.165, 1.54) is 18.4 Å². The number of aliphatic carboxylic acids is 2. The number of carbonyl (C=O) groups is 2. The lowest BCUT2D eigenvalue weighted by atomic mass is 9.96. The summed E-state index contributed by atoms with van der Waals surface area (Å²) in [5, 5.41) is 20.3. The van der Waals surface area contributed by atoms with Crippen LogP contribution in [0.3, 0.4) is 0 Å². The Labute approximate surface area is 131 Å². The number of hydrogen-bond donors (Lipinski definition) is 2. The van der Waals surface area contributed by atoms with E-state index in [-0.39, 0.29) is 5.57 Å². The number of thiophene rings is 1. The quantitative estimate of drug-likeness (QED) is 0.800. The molecule has 0 fully saturated rings. The number of methoxy groups -OCH3 is 1. The van der Waals surface area contributed by atoms with Crippen LogP contribution in [-0.2, 0) is 9.59 Å². The molecule has 0 unspecified atom stereocenters. The van der Waals surface area contributed by atoms with Crippen LogP contribution in [0.4, 0.5) is 0 Å². The van der Waals surface area contributed by atoms with Gasteiger partial charge in [-0.1, -0.05) is 18.2 Å². The fraction of sp³-hybridized carbons (Fsp3) is 0.125. The van der Waals surface area contributed by atoms with Crippen LogP contribution in [-0.4, -0.2) is 29.3 Å². The second-order valence-electron chi connectivity index (χ2n) is 4.44. The molecular formula is C16H14O5S. The number of carboxylic acids is 2. The molecule has 0 aliphatic rings. The largest absolute Gasteiger partial charge is 0.497 e. The number of hydrogen-bond acceptors (Lipinski definition) is 4. The maximum atomic E-state index is 11.6. The van der Waals surface area contributed by atoms with Crippen molar-refractivity contribution in [2.75, 3.05) is 7.11 Å². The molecule has 114 valence electrons. The van der Waals surface area contributed by atoms with Gasteiger partial charge in [-0.15, -0.1) is 11.3 Å². The Hall–Kier alpha value is -2.60. The van der Waals surface area contributed by atoms with Gasteiger partial charge in [0.25, 0.3) is 0 Å². The SMILES string of the molecule is COc1cccc(C(=C(CC(=O)O)C(=O)O)c2cccs2)c1. The lowest BCUT2D eigenvalue weighted by molar-refractivity contribution is -0.139. The predicted molar refractivity (Wildman–Crippen MR) is 83.2 cm³/mol. The van der Waals surface area contributed by atoms with Gasteiger partial charge in [0, 0.05) is 10.5 Å².